The Morgan fingerprint density at radius 1 is 1.42 bits per heavy atom. The molecule has 0 heterocycles. The lowest BCUT2D eigenvalue weighted by Crippen LogP contribution is -2.45. The van der Waals surface area contributed by atoms with Gasteiger partial charge in [-0.2, -0.15) is 0 Å². The number of non-ortho nitro benzene ring substituents is 1. The van der Waals surface area contributed by atoms with Crippen LogP contribution in [0.4, 0.5) is 5.69 Å². The molecule has 4 N–H and O–H groups in total. The SMILES string of the molecule is CC(=O)NCCNC(O)(O)c1cccc([N+](=O)[O-])c1. The van der Waals surface area contributed by atoms with Crippen molar-refractivity contribution in [3.8, 4) is 0 Å². The van der Waals surface area contributed by atoms with E-state index in [4.69, 9.17) is 0 Å². The van der Waals surface area contributed by atoms with Crippen LogP contribution in [-0.2, 0) is 10.7 Å². The summed E-state index contributed by atoms with van der Waals surface area (Å²) in [6, 6.07) is 5.00. The number of hydrogen-bond acceptors (Lipinski definition) is 6. The maximum absolute atomic E-state index is 10.6. The molecule has 0 aliphatic heterocycles. The second-order valence-corrected chi connectivity index (χ2v) is 3.89. The average Bonchev–Trinajstić information content (AvgIpc) is 2.34. The maximum atomic E-state index is 10.6. The quantitative estimate of drug-likeness (QED) is 0.237. The van der Waals surface area contributed by atoms with E-state index in [-0.39, 0.29) is 30.2 Å². The third-order valence-electron chi connectivity index (χ3n) is 2.33. The van der Waals surface area contributed by atoms with E-state index >= 15 is 0 Å². The van der Waals surface area contributed by atoms with Crippen molar-refractivity contribution in [2.45, 2.75) is 12.8 Å². The molecule has 0 fully saturated rings. The maximum Gasteiger partial charge on any atom is 0.269 e. The van der Waals surface area contributed by atoms with Gasteiger partial charge in [-0.3, -0.25) is 20.2 Å². The topological polar surface area (TPSA) is 125 Å². The summed E-state index contributed by atoms with van der Waals surface area (Å²) in [5, 5.41) is 35.0. The number of nitrogens with zero attached hydrogens (tertiary/aromatic N) is 1. The van der Waals surface area contributed by atoms with Crippen LogP contribution in [0.2, 0.25) is 0 Å². The molecule has 0 radical (unpaired) electrons. The molecule has 104 valence electrons. The van der Waals surface area contributed by atoms with Crippen molar-refractivity contribution in [3.63, 3.8) is 0 Å². The largest absolute Gasteiger partial charge is 0.355 e. The predicted octanol–water partition coefficient (Wildman–Crippen LogP) is -0.585. The number of benzene rings is 1. The standard InChI is InChI=1S/C11H15N3O5/c1-8(15)12-5-6-13-11(16,17)9-3-2-4-10(7-9)14(18)19/h2-4,7,13,16-17H,5-6H2,1H3,(H,12,15). The van der Waals surface area contributed by atoms with Gasteiger partial charge in [0.1, 0.15) is 0 Å². The Morgan fingerprint density at radius 2 is 2.11 bits per heavy atom. The summed E-state index contributed by atoms with van der Waals surface area (Å²) in [7, 11) is 0. The van der Waals surface area contributed by atoms with E-state index in [9.17, 15) is 25.1 Å². The van der Waals surface area contributed by atoms with Gasteiger partial charge in [0.25, 0.3) is 11.6 Å². The lowest BCUT2D eigenvalue weighted by molar-refractivity contribution is -0.385. The first-order valence-corrected chi connectivity index (χ1v) is 5.52. The fourth-order valence-corrected chi connectivity index (χ4v) is 1.41. The molecule has 0 aliphatic rings. The van der Waals surface area contributed by atoms with Crippen molar-refractivity contribution in [1.82, 2.24) is 10.6 Å². The van der Waals surface area contributed by atoms with Crippen molar-refractivity contribution >= 4 is 11.6 Å². The van der Waals surface area contributed by atoms with Crippen molar-refractivity contribution in [1.29, 1.82) is 0 Å². The van der Waals surface area contributed by atoms with Crippen molar-refractivity contribution in [3.05, 3.63) is 39.9 Å². The number of nitro benzene ring substituents is 1. The fourth-order valence-electron chi connectivity index (χ4n) is 1.41. The van der Waals surface area contributed by atoms with E-state index in [0.717, 1.165) is 6.07 Å². The van der Waals surface area contributed by atoms with Gasteiger partial charge < -0.3 is 15.5 Å². The Hall–Kier alpha value is -2.03. The molecule has 0 bridgehead atoms. The highest BCUT2D eigenvalue weighted by Gasteiger charge is 2.26. The summed E-state index contributed by atoms with van der Waals surface area (Å²) in [5.74, 6) is -2.64. The first kappa shape index (κ1) is 15.0. The van der Waals surface area contributed by atoms with E-state index in [1.54, 1.807) is 0 Å². The Labute approximate surface area is 109 Å². The van der Waals surface area contributed by atoms with Gasteiger partial charge in [-0.1, -0.05) is 12.1 Å². The van der Waals surface area contributed by atoms with Crippen LogP contribution in [0, 0.1) is 10.1 Å². The molecule has 1 aromatic carbocycles. The van der Waals surface area contributed by atoms with Gasteiger partial charge in [-0.15, -0.1) is 0 Å². The number of carbonyl (C=O) groups is 1. The molecule has 8 nitrogen and oxygen atoms in total. The minimum absolute atomic E-state index is 0.0514. The second kappa shape index (κ2) is 6.23. The predicted molar refractivity (Wildman–Crippen MR) is 65.9 cm³/mol. The highest BCUT2D eigenvalue weighted by atomic mass is 16.6. The van der Waals surface area contributed by atoms with Crippen LogP contribution in [0.1, 0.15) is 12.5 Å². The summed E-state index contributed by atoms with van der Waals surface area (Å²) in [6.45, 7) is 1.63. The van der Waals surface area contributed by atoms with E-state index in [1.165, 1.54) is 25.1 Å². The van der Waals surface area contributed by atoms with Gasteiger partial charge in [-0.25, -0.2) is 0 Å². The fraction of sp³-hybridized carbons (Fsp3) is 0.364. The van der Waals surface area contributed by atoms with Crippen LogP contribution in [-0.4, -0.2) is 34.1 Å². The highest BCUT2D eigenvalue weighted by molar-refractivity contribution is 5.72. The first-order valence-electron chi connectivity index (χ1n) is 5.52. The molecule has 8 heteroatoms. The van der Waals surface area contributed by atoms with E-state index in [2.05, 4.69) is 10.6 Å². The lowest BCUT2D eigenvalue weighted by atomic mass is 10.1. The van der Waals surface area contributed by atoms with E-state index in [0.29, 0.717) is 0 Å². The number of rotatable bonds is 6. The van der Waals surface area contributed by atoms with Gasteiger partial charge in [0.15, 0.2) is 0 Å². The van der Waals surface area contributed by atoms with E-state index in [1.807, 2.05) is 0 Å². The molecule has 0 saturated carbocycles. The summed E-state index contributed by atoms with van der Waals surface area (Å²) in [4.78, 5) is 20.6. The molecule has 0 aliphatic carbocycles. The highest BCUT2D eigenvalue weighted by Crippen LogP contribution is 2.20. The Morgan fingerprint density at radius 3 is 2.68 bits per heavy atom. The van der Waals surface area contributed by atoms with Crippen LogP contribution in [0.5, 0.6) is 0 Å². The molecular weight excluding hydrogens is 254 g/mol. The zero-order valence-electron chi connectivity index (χ0n) is 10.3. The molecule has 0 aromatic heterocycles. The van der Waals surface area contributed by atoms with Gasteiger partial charge >= 0.3 is 0 Å². The molecule has 0 unspecified atom stereocenters. The molecule has 19 heavy (non-hydrogen) atoms. The van der Waals surface area contributed by atoms with E-state index < -0.39 is 10.8 Å². The van der Waals surface area contributed by atoms with Crippen LogP contribution in [0.3, 0.4) is 0 Å². The Bertz CT molecular complexity index is 475. The van der Waals surface area contributed by atoms with Gasteiger partial charge in [0.2, 0.25) is 5.91 Å². The van der Waals surface area contributed by atoms with Crippen LogP contribution in [0.15, 0.2) is 24.3 Å². The minimum Gasteiger partial charge on any atom is -0.355 e. The van der Waals surface area contributed by atoms with Crippen molar-refractivity contribution < 1.29 is 19.9 Å². The molecule has 1 aromatic rings. The average molecular weight is 269 g/mol. The molecule has 1 rings (SSSR count). The minimum atomic E-state index is -2.40. The summed E-state index contributed by atoms with van der Waals surface area (Å²) < 4.78 is 0. The van der Waals surface area contributed by atoms with Crippen LogP contribution < -0.4 is 10.6 Å². The third-order valence-corrected chi connectivity index (χ3v) is 2.33. The van der Waals surface area contributed by atoms with Crippen LogP contribution in [0.25, 0.3) is 0 Å². The molecular formula is C11H15N3O5. The second-order valence-electron chi connectivity index (χ2n) is 3.89. The monoisotopic (exact) mass is 269 g/mol. The zero-order chi connectivity index (χ0) is 14.5. The molecule has 1 amide bonds. The molecule has 0 atom stereocenters. The van der Waals surface area contributed by atoms with Gasteiger partial charge in [0.05, 0.1) is 4.92 Å². The molecule has 0 spiro atoms. The summed E-state index contributed by atoms with van der Waals surface area (Å²) in [5.41, 5.74) is -0.293. The van der Waals surface area contributed by atoms with Gasteiger partial charge in [0, 0.05) is 37.7 Å². The third kappa shape index (κ3) is 4.62. The number of hydrogen-bond donors (Lipinski definition) is 4. The van der Waals surface area contributed by atoms with Crippen LogP contribution >= 0.6 is 0 Å². The number of nitro groups is 1. The first-order chi connectivity index (χ1) is 8.83. The normalized spacial score (nSPS) is 11.1. The summed E-state index contributed by atoms with van der Waals surface area (Å²) in [6.07, 6.45) is 0. The number of aliphatic hydroxyl groups is 2. The number of carbonyl (C=O) groups excluding carboxylic acids is 1. The van der Waals surface area contributed by atoms with Crippen molar-refractivity contribution in [2.24, 2.45) is 0 Å². The van der Waals surface area contributed by atoms with Crippen molar-refractivity contribution in [2.75, 3.05) is 13.1 Å². The zero-order valence-corrected chi connectivity index (χ0v) is 10.3. The van der Waals surface area contributed by atoms with Gasteiger partial charge in [-0.05, 0) is 0 Å². The summed E-state index contributed by atoms with van der Waals surface area (Å²) >= 11 is 0. The Kier molecular flexibility index (Phi) is 4.93. The number of nitrogens with one attached hydrogen (secondary N) is 2. The lowest BCUT2D eigenvalue weighted by Gasteiger charge is -2.23. The Balaban J connectivity index is 2.68. The number of amides is 1. The smallest absolute Gasteiger partial charge is 0.269 e. The molecule has 0 saturated heterocycles.